The third-order valence-electron chi connectivity index (χ3n) is 8.22. The fraction of sp³-hybridized carbons (Fsp3) is 1.00. The van der Waals surface area contributed by atoms with Crippen molar-refractivity contribution < 1.29 is 0 Å². The van der Waals surface area contributed by atoms with Gasteiger partial charge in [-0.15, -0.1) is 0 Å². The molecule has 0 aromatic rings. The van der Waals surface area contributed by atoms with E-state index in [0.29, 0.717) is 5.41 Å². The lowest BCUT2D eigenvalue weighted by atomic mass is 9.50. The molecule has 2 aliphatic carbocycles. The SMILES string of the molecule is CCC1(C)CC(C)C(CC(CCC(C)C)C(C)C)C2CCCCC21. The van der Waals surface area contributed by atoms with Crippen LogP contribution in [0.25, 0.3) is 0 Å². The van der Waals surface area contributed by atoms with Crippen LogP contribution in [0.1, 0.15) is 106 Å². The van der Waals surface area contributed by atoms with Gasteiger partial charge in [0.1, 0.15) is 0 Å². The van der Waals surface area contributed by atoms with Crippen LogP contribution < -0.4 is 0 Å². The van der Waals surface area contributed by atoms with Gasteiger partial charge in [0.2, 0.25) is 0 Å². The minimum absolute atomic E-state index is 0.631. The molecule has 2 saturated carbocycles. The molecule has 2 fully saturated rings. The van der Waals surface area contributed by atoms with Gasteiger partial charge in [-0.2, -0.15) is 0 Å². The molecule has 0 heterocycles. The number of hydrogen-bond acceptors (Lipinski definition) is 0. The van der Waals surface area contributed by atoms with Crippen molar-refractivity contribution in [2.75, 3.05) is 0 Å². The average molecular weight is 335 g/mol. The van der Waals surface area contributed by atoms with E-state index < -0.39 is 0 Å². The van der Waals surface area contributed by atoms with Gasteiger partial charge in [0.25, 0.3) is 0 Å². The smallest absolute Gasteiger partial charge is 0.0295 e. The molecule has 142 valence electrons. The molecule has 0 bridgehead atoms. The zero-order valence-electron chi connectivity index (χ0n) is 17.9. The lowest BCUT2D eigenvalue weighted by molar-refractivity contribution is -0.0577. The normalized spacial score (nSPS) is 38.4. The van der Waals surface area contributed by atoms with Gasteiger partial charge in [0, 0.05) is 0 Å². The monoisotopic (exact) mass is 334 g/mol. The molecule has 0 saturated heterocycles. The van der Waals surface area contributed by atoms with Crippen molar-refractivity contribution in [3.8, 4) is 0 Å². The molecule has 0 heteroatoms. The molecular formula is C24H46. The standard InChI is InChI=1S/C24H46/c1-8-24(7)16-19(6)22(21-11-9-10-12-23(21)24)15-20(18(4)5)14-13-17(2)3/h17-23H,8-16H2,1-7H3. The number of rotatable bonds is 7. The van der Waals surface area contributed by atoms with Crippen LogP contribution in [0.4, 0.5) is 0 Å². The van der Waals surface area contributed by atoms with E-state index in [1.165, 1.54) is 57.8 Å². The molecular weight excluding hydrogens is 288 g/mol. The summed E-state index contributed by atoms with van der Waals surface area (Å²) in [4.78, 5) is 0. The van der Waals surface area contributed by atoms with Gasteiger partial charge in [-0.25, -0.2) is 0 Å². The molecule has 0 aliphatic heterocycles. The van der Waals surface area contributed by atoms with E-state index in [2.05, 4.69) is 48.5 Å². The van der Waals surface area contributed by atoms with Gasteiger partial charge in [0.15, 0.2) is 0 Å². The van der Waals surface area contributed by atoms with Gasteiger partial charge >= 0.3 is 0 Å². The van der Waals surface area contributed by atoms with Crippen LogP contribution in [0.3, 0.4) is 0 Å². The summed E-state index contributed by atoms with van der Waals surface area (Å²) in [6.45, 7) is 17.4. The predicted molar refractivity (Wildman–Crippen MR) is 108 cm³/mol. The molecule has 0 amide bonds. The summed E-state index contributed by atoms with van der Waals surface area (Å²) in [6.07, 6.45) is 13.3. The van der Waals surface area contributed by atoms with Crippen molar-refractivity contribution in [2.24, 2.45) is 46.8 Å². The summed E-state index contributed by atoms with van der Waals surface area (Å²) >= 11 is 0. The second-order valence-corrected chi connectivity index (χ2v) is 10.6. The van der Waals surface area contributed by atoms with Crippen molar-refractivity contribution in [1.82, 2.24) is 0 Å². The van der Waals surface area contributed by atoms with E-state index in [1.54, 1.807) is 0 Å². The van der Waals surface area contributed by atoms with Gasteiger partial charge < -0.3 is 0 Å². The minimum Gasteiger partial charge on any atom is -0.0649 e. The molecule has 0 N–H and O–H groups in total. The highest BCUT2D eigenvalue weighted by atomic mass is 14.5. The summed E-state index contributed by atoms with van der Waals surface area (Å²) in [5.74, 6) is 6.68. The van der Waals surface area contributed by atoms with Crippen LogP contribution in [0.15, 0.2) is 0 Å². The summed E-state index contributed by atoms with van der Waals surface area (Å²) in [6, 6.07) is 0. The lowest BCUT2D eigenvalue weighted by Gasteiger charge is -2.55. The zero-order valence-corrected chi connectivity index (χ0v) is 17.9. The fourth-order valence-electron chi connectivity index (χ4n) is 6.43. The second-order valence-electron chi connectivity index (χ2n) is 10.6. The molecule has 0 aromatic carbocycles. The summed E-state index contributed by atoms with van der Waals surface area (Å²) < 4.78 is 0. The van der Waals surface area contributed by atoms with Crippen LogP contribution in [-0.4, -0.2) is 0 Å². The predicted octanol–water partition coefficient (Wildman–Crippen LogP) is 7.96. The molecule has 6 atom stereocenters. The van der Waals surface area contributed by atoms with Gasteiger partial charge in [-0.05, 0) is 78.9 Å². The zero-order chi connectivity index (χ0) is 17.9. The van der Waals surface area contributed by atoms with Crippen molar-refractivity contribution >= 4 is 0 Å². The summed E-state index contributed by atoms with van der Waals surface area (Å²) in [7, 11) is 0. The second kappa shape index (κ2) is 8.59. The maximum Gasteiger partial charge on any atom is -0.0295 e. The van der Waals surface area contributed by atoms with E-state index in [1.807, 2.05) is 0 Å². The first-order valence-corrected chi connectivity index (χ1v) is 11.3. The highest BCUT2D eigenvalue weighted by Crippen LogP contribution is 2.58. The van der Waals surface area contributed by atoms with E-state index >= 15 is 0 Å². The maximum absolute atomic E-state index is 2.63. The molecule has 2 rings (SSSR count). The highest BCUT2D eigenvalue weighted by Gasteiger charge is 2.49. The Labute approximate surface area is 153 Å². The van der Waals surface area contributed by atoms with Crippen LogP contribution in [-0.2, 0) is 0 Å². The van der Waals surface area contributed by atoms with Gasteiger partial charge in [0.05, 0.1) is 0 Å². The van der Waals surface area contributed by atoms with E-state index in [-0.39, 0.29) is 0 Å². The topological polar surface area (TPSA) is 0 Å². The first-order valence-electron chi connectivity index (χ1n) is 11.3. The first kappa shape index (κ1) is 20.3. The minimum atomic E-state index is 0.631. The summed E-state index contributed by atoms with van der Waals surface area (Å²) in [5.41, 5.74) is 0.631. The Morgan fingerprint density at radius 3 is 2.25 bits per heavy atom. The highest BCUT2D eigenvalue weighted by molar-refractivity contribution is 4.98. The molecule has 2 aliphatic rings. The number of hydrogen-bond donors (Lipinski definition) is 0. The largest absolute Gasteiger partial charge is 0.0649 e. The molecule has 0 aromatic heterocycles. The van der Waals surface area contributed by atoms with Gasteiger partial charge in [-0.3, -0.25) is 0 Å². The van der Waals surface area contributed by atoms with Crippen molar-refractivity contribution in [2.45, 2.75) is 106 Å². The molecule has 0 radical (unpaired) electrons. The quantitative estimate of drug-likeness (QED) is 0.443. The molecule has 24 heavy (non-hydrogen) atoms. The van der Waals surface area contributed by atoms with Crippen molar-refractivity contribution in [3.05, 3.63) is 0 Å². The van der Waals surface area contributed by atoms with E-state index in [9.17, 15) is 0 Å². The average Bonchev–Trinajstić information content (AvgIpc) is 2.53. The Morgan fingerprint density at radius 1 is 1.00 bits per heavy atom. The lowest BCUT2D eigenvalue weighted by Crippen LogP contribution is -2.47. The fourth-order valence-corrected chi connectivity index (χ4v) is 6.43. The van der Waals surface area contributed by atoms with Crippen molar-refractivity contribution in [3.63, 3.8) is 0 Å². The number of fused-ring (bicyclic) bond motifs is 1. The van der Waals surface area contributed by atoms with Crippen LogP contribution >= 0.6 is 0 Å². The Balaban J connectivity index is 2.12. The van der Waals surface area contributed by atoms with Gasteiger partial charge in [-0.1, -0.05) is 74.1 Å². The van der Waals surface area contributed by atoms with Crippen molar-refractivity contribution in [1.29, 1.82) is 0 Å². The Hall–Kier alpha value is 0. The summed E-state index contributed by atoms with van der Waals surface area (Å²) in [5, 5.41) is 0. The third-order valence-corrected chi connectivity index (χ3v) is 8.22. The Morgan fingerprint density at radius 2 is 1.67 bits per heavy atom. The van der Waals surface area contributed by atoms with E-state index in [4.69, 9.17) is 0 Å². The Kier molecular flexibility index (Phi) is 7.27. The molecule has 0 spiro atoms. The maximum atomic E-state index is 2.63. The van der Waals surface area contributed by atoms with Crippen LogP contribution in [0.2, 0.25) is 0 Å². The molecule has 0 nitrogen and oxygen atoms in total. The Bertz CT molecular complexity index is 368. The molecule has 6 unspecified atom stereocenters. The van der Waals surface area contributed by atoms with E-state index in [0.717, 1.165) is 41.4 Å². The first-order chi connectivity index (χ1) is 11.3. The third kappa shape index (κ3) is 4.59. The van der Waals surface area contributed by atoms with Crippen LogP contribution in [0, 0.1) is 46.8 Å². The van der Waals surface area contributed by atoms with Crippen LogP contribution in [0.5, 0.6) is 0 Å².